The fraction of sp³-hybridized carbons (Fsp3) is 0.444. The minimum atomic E-state index is -0.0334. The van der Waals surface area contributed by atoms with Crippen LogP contribution in [-0.2, 0) is 4.79 Å². The van der Waals surface area contributed by atoms with Crippen LogP contribution in [0.15, 0.2) is 6.20 Å². The van der Waals surface area contributed by atoms with Crippen LogP contribution in [0.1, 0.15) is 6.42 Å². The number of nitrogens with zero attached hydrogens (tertiary/aromatic N) is 3. The molecule has 16 heavy (non-hydrogen) atoms. The van der Waals surface area contributed by atoms with E-state index in [4.69, 9.17) is 28.9 Å². The first-order chi connectivity index (χ1) is 7.61. The van der Waals surface area contributed by atoms with E-state index in [9.17, 15) is 4.79 Å². The largest absolute Gasteiger partial charge is 0.330 e. The third-order valence-electron chi connectivity index (χ3n) is 2.48. The van der Waals surface area contributed by atoms with Crippen molar-refractivity contribution < 1.29 is 4.79 Å². The minimum Gasteiger partial charge on any atom is -0.330 e. The van der Waals surface area contributed by atoms with Crippen molar-refractivity contribution in [3.63, 3.8) is 0 Å². The third-order valence-corrected chi connectivity index (χ3v) is 2.91. The van der Waals surface area contributed by atoms with Gasteiger partial charge in [0, 0.05) is 13.0 Å². The molecule has 5 nitrogen and oxygen atoms in total. The van der Waals surface area contributed by atoms with Crippen LogP contribution in [-0.4, -0.2) is 29.0 Å². The molecule has 1 aliphatic heterocycles. The Labute approximate surface area is 103 Å². The maximum Gasteiger partial charge on any atom is 0.228 e. The van der Waals surface area contributed by atoms with Crippen molar-refractivity contribution in [1.29, 1.82) is 0 Å². The molecule has 0 aliphatic carbocycles. The second-order valence-corrected chi connectivity index (χ2v) is 4.36. The molecule has 1 atom stereocenters. The molecule has 1 amide bonds. The van der Waals surface area contributed by atoms with Crippen LogP contribution in [0.5, 0.6) is 0 Å². The number of carbonyl (C=O) groups excluding carboxylic acids is 1. The second-order valence-electron chi connectivity index (χ2n) is 3.62. The maximum atomic E-state index is 11.7. The first-order valence-electron chi connectivity index (χ1n) is 4.80. The van der Waals surface area contributed by atoms with Gasteiger partial charge in [-0.1, -0.05) is 23.2 Å². The molecule has 1 saturated heterocycles. The highest BCUT2D eigenvalue weighted by Gasteiger charge is 2.32. The molecule has 7 heteroatoms. The molecule has 1 fully saturated rings. The Kier molecular flexibility index (Phi) is 3.28. The maximum absolute atomic E-state index is 11.7. The molecular weight excluding hydrogens is 251 g/mol. The molecule has 86 valence electrons. The zero-order chi connectivity index (χ0) is 11.7. The van der Waals surface area contributed by atoms with E-state index in [0.29, 0.717) is 25.3 Å². The van der Waals surface area contributed by atoms with Crippen molar-refractivity contribution in [2.75, 3.05) is 18.0 Å². The van der Waals surface area contributed by atoms with Crippen molar-refractivity contribution in [2.45, 2.75) is 6.42 Å². The van der Waals surface area contributed by atoms with Gasteiger partial charge in [0.15, 0.2) is 11.0 Å². The topological polar surface area (TPSA) is 72.1 Å². The highest BCUT2D eigenvalue weighted by molar-refractivity contribution is 6.34. The number of nitrogens with two attached hydrogens (primary N) is 1. The summed E-state index contributed by atoms with van der Waals surface area (Å²) in [5.41, 5.74) is 5.53. The van der Waals surface area contributed by atoms with E-state index in [-0.39, 0.29) is 22.1 Å². The van der Waals surface area contributed by atoms with Crippen LogP contribution < -0.4 is 10.6 Å². The molecule has 0 radical (unpaired) electrons. The Bertz CT molecular complexity index is 426. The van der Waals surface area contributed by atoms with Crippen LogP contribution in [0.25, 0.3) is 0 Å². The molecule has 1 aromatic heterocycles. The van der Waals surface area contributed by atoms with Crippen molar-refractivity contribution >= 4 is 34.9 Å². The lowest BCUT2D eigenvalue weighted by Crippen LogP contribution is -2.27. The number of halogens is 2. The van der Waals surface area contributed by atoms with Gasteiger partial charge in [-0.25, -0.2) is 9.97 Å². The third kappa shape index (κ3) is 2.11. The van der Waals surface area contributed by atoms with Crippen LogP contribution >= 0.6 is 23.2 Å². The summed E-state index contributed by atoms with van der Waals surface area (Å²) in [6, 6.07) is 0. The number of anilines is 1. The van der Waals surface area contributed by atoms with Crippen molar-refractivity contribution in [2.24, 2.45) is 11.7 Å². The number of hydrogen-bond donors (Lipinski definition) is 1. The number of amides is 1. The Morgan fingerprint density at radius 2 is 2.31 bits per heavy atom. The second kappa shape index (κ2) is 4.53. The molecule has 2 heterocycles. The smallest absolute Gasteiger partial charge is 0.228 e. The summed E-state index contributed by atoms with van der Waals surface area (Å²) in [6.45, 7) is 1.01. The zero-order valence-electron chi connectivity index (χ0n) is 8.36. The van der Waals surface area contributed by atoms with Gasteiger partial charge in [0.25, 0.3) is 0 Å². The average Bonchev–Trinajstić information content (AvgIpc) is 2.60. The Hall–Kier alpha value is -0.910. The van der Waals surface area contributed by atoms with Crippen LogP contribution in [0.3, 0.4) is 0 Å². The molecular formula is C9H10Cl2N4O. The zero-order valence-corrected chi connectivity index (χ0v) is 9.87. The number of carbonyl (C=O) groups is 1. The molecule has 1 unspecified atom stereocenters. The first-order valence-corrected chi connectivity index (χ1v) is 5.56. The summed E-state index contributed by atoms with van der Waals surface area (Å²) in [7, 11) is 0. The molecule has 2 N–H and O–H groups in total. The van der Waals surface area contributed by atoms with E-state index in [0.717, 1.165) is 0 Å². The van der Waals surface area contributed by atoms with E-state index < -0.39 is 0 Å². The predicted octanol–water partition coefficient (Wildman–Crippen LogP) is 1.09. The summed E-state index contributed by atoms with van der Waals surface area (Å²) in [5.74, 6) is 0.474. The molecule has 2 rings (SSSR count). The highest BCUT2D eigenvalue weighted by atomic mass is 35.5. The fourth-order valence-electron chi connectivity index (χ4n) is 1.67. The van der Waals surface area contributed by atoms with Gasteiger partial charge in [-0.3, -0.25) is 9.69 Å². The number of rotatable bonds is 2. The molecule has 0 bridgehead atoms. The van der Waals surface area contributed by atoms with Crippen molar-refractivity contribution in [3.05, 3.63) is 16.5 Å². The minimum absolute atomic E-state index is 0.0334. The standard InChI is InChI=1S/C9H10Cl2N4O/c10-6-3-13-9(8(11)14-6)15-4-5(2-12)1-7(15)16/h3,5H,1-2,4,12H2. The van der Waals surface area contributed by atoms with Crippen molar-refractivity contribution in [3.8, 4) is 0 Å². The summed E-state index contributed by atoms with van der Waals surface area (Å²) >= 11 is 11.5. The SMILES string of the molecule is NCC1CC(=O)N(c2ncc(Cl)nc2Cl)C1. The van der Waals surface area contributed by atoms with Gasteiger partial charge in [0.05, 0.1) is 6.20 Å². The van der Waals surface area contributed by atoms with E-state index in [2.05, 4.69) is 9.97 Å². The molecule has 1 aliphatic rings. The molecule has 1 aromatic rings. The van der Waals surface area contributed by atoms with Crippen LogP contribution in [0.2, 0.25) is 10.3 Å². The molecule has 0 aromatic carbocycles. The summed E-state index contributed by atoms with van der Waals surface area (Å²) in [4.78, 5) is 21.1. The Morgan fingerprint density at radius 1 is 1.56 bits per heavy atom. The highest BCUT2D eigenvalue weighted by Crippen LogP contribution is 2.28. The van der Waals surface area contributed by atoms with E-state index >= 15 is 0 Å². The lowest BCUT2D eigenvalue weighted by atomic mass is 10.1. The van der Waals surface area contributed by atoms with E-state index in [1.54, 1.807) is 0 Å². The van der Waals surface area contributed by atoms with Gasteiger partial charge in [-0.15, -0.1) is 0 Å². The summed E-state index contributed by atoms with van der Waals surface area (Å²) in [6.07, 6.45) is 1.79. The lowest BCUT2D eigenvalue weighted by molar-refractivity contribution is -0.117. The number of aromatic nitrogens is 2. The van der Waals surface area contributed by atoms with Gasteiger partial charge >= 0.3 is 0 Å². The number of hydrogen-bond acceptors (Lipinski definition) is 4. The lowest BCUT2D eigenvalue weighted by Gasteiger charge is -2.15. The Balaban J connectivity index is 2.28. The van der Waals surface area contributed by atoms with Gasteiger partial charge in [0.2, 0.25) is 5.91 Å². The van der Waals surface area contributed by atoms with Gasteiger partial charge in [-0.2, -0.15) is 0 Å². The quantitative estimate of drug-likeness (QED) is 0.865. The average molecular weight is 261 g/mol. The van der Waals surface area contributed by atoms with Crippen LogP contribution in [0, 0.1) is 5.92 Å². The van der Waals surface area contributed by atoms with Gasteiger partial charge in [0.1, 0.15) is 5.15 Å². The van der Waals surface area contributed by atoms with E-state index in [1.165, 1.54) is 11.1 Å². The molecule has 0 spiro atoms. The summed E-state index contributed by atoms with van der Waals surface area (Å²) in [5, 5.41) is 0.342. The predicted molar refractivity (Wildman–Crippen MR) is 61.6 cm³/mol. The summed E-state index contributed by atoms with van der Waals surface area (Å²) < 4.78 is 0. The first kappa shape index (κ1) is 11.6. The van der Waals surface area contributed by atoms with Crippen LogP contribution in [0.4, 0.5) is 5.82 Å². The van der Waals surface area contributed by atoms with Crippen molar-refractivity contribution in [1.82, 2.24) is 9.97 Å². The van der Waals surface area contributed by atoms with E-state index in [1.807, 2.05) is 0 Å². The monoisotopic (exact) mass is 260 g/mol. The van der Waals surface area contributed by atoms with Gasteiger partial charge < -0.3 is 5.73 Å². The fourth-order valence-corrected chi connectivity index (χ4v) is 2.08. The Morgan fingerprint density at radius 3 is 2.88 bits per heavy atom. The molecule has 0 saturated carbocycles. The van der Waals surface area contributed by atoms with Gasteiger partial charge in [-0.05, 0) is 12.5 Å². The normalized spacial score (nSPS) is 20.6.